The van der Waals surface area contributed by atoms with Gasteiger partial charge in [0.05, 0.1) is 0 Å². The van der Waals surface area contributed by atoms with E-state index in [4.69, 9.17) is 0 Å². The van der Waals surface area contributed by atoms with Crippen molar-refractivity contribution in [1.29, 1.82) is 0 Å². The molecular formula is C9H17N3S. The minimum Gasteiger partial charge on any atom is -0.360 e. The molecule has 4 heteroatoms. The molecule has 0 atom stereocenters. The summed E-state index contributed by atoms with van der Waals surface area (Å²) in [5.74, 6) is 1.38. The van der Waals surface area contributed by atoms with Crippen LogP contribution in [0.2, 0.25) is 0 Å². The first kappa shape index (κ1) is 10.4. The van der Waals surface area contributed by atoms with E-state index >= 15 is 0 Å². The summed E-state index contributed by atoms with van der Waals surface area (Å²) in [6, 6.07) is 0. The standard InChI is InChI=1S/C9H17N3S/c1-4-5-6-10-9-11-8(7(2)3)12-13-9/h7H,4-6H2,1-3H3,(H,10,11,12). The van der Waals surface area contributed by atoms with Gasteiger partial charge in [0, 0.05) is 24.0 Å². The maximum atomic E-state index is 4.38. The number of hydrogen-bond acceptors (Lipinski definition) is 4. The SMILES string of the molecule is CCCCNc1nc(C(C)C)ns1. The minimum atomic E-state index is 0.429. The molecule has 0 bridgehead atoms. The number of rotatable bonds is 5. The van der Waals surface area contributed by atoms with Gasteiger partial charge >= 0.3 is 0 Å². The van der Waals surface area contributed by atoms with Crippen molar-refractivity contribution in [3.05, 3.63) is 5.82 Å². The molecule has 3 nitrogen and oxygen atoms in total. The Morgan fingerprint density at radius 1 is 1.46 bits per heavy atom. The fourth-order valence-corrected chi connectivity index (χ4v) is 1.65. The minimum absolute atomic E-state index is 0.429. The van der Waals surface area contributed by atoms with Crippen LogP contribution in [0.3, 0.4) is 0 Å². The lowest BCUT2D eigenvalue weighted by Gasteiger charge is -1.98. The largest absolute Gasteiger partial charge is 0.360 e. The zero-order valence-electron chi connectivity index (χ0n) is 8.50. The Bertz CT molecular complexity index is 245. The van der Waals surface area contributed by atoms with Crippen molar-refractivity contribution in [3.8, 4) is 0 Å². The third-order valence-corrected chi connectivity index (χ3v) is 2.45. The molecule has 1 rings (SSSR count). The smallest absolute Gasteiger partial charge is 0.202 e. The van der Waals surface area contributed by atoms with E-state index in [1.165, 1.54) is 24.4 Å². The van der Waals surface area contributed by atoms with Gasteiger partial charge in [-0.25, -0.2) is 4.98 Å². The molecule has 1 N–H and O–H groups in total. The summed E-state index contributed by atoms with van der Waals surface area (Å²) >= 11 is 1.46. The molecule has 13 heavy (non-hydrogen) atoms. The third-order valence-electron chi connectivity index (χ3n) is 1.76. The predicted octanol–water partition coefficient (Wildman–Crippen LogP) is 2.87. The van der Waals surface area contributed by atoms with E-state index in [9.17, 15) is 0 Å². The number of anilines is 1. The second-order valence-corrected chi connectivity index (χ2v) is 4.14. The van der Waals surface area contributed by atoms with Crippen molar-refractivity contribution >= 4 is 16.7 Å². The first-order valence-electron chi connectivity index (χ1n) is 4.81. The summed E-state index contributed by atoms with van der Waals surface area (Å²) in [6.45, 7) is 7.40. The summed E-state index contributed by atoms with van der Waals surface area (Å²) in [5, 5.41) is 4.22. The molecule has 0 aromatic carbocycles. The molecule has 0 amide bonds. The summed E-state index contributed by atoms with van der Waals surface area (Å²) < 4.78 is 4.26. The normalized spacial score (nSPS) is 10.8. The zero-order valence-corrected chi connectivity index (χ0v) is 9.32. The Balaban J connectivity index is 2.40. The van der Waals surface area contributed by atoms with Crippen LogP contribution in [0.1, 0.15) is 45.4 Å². The van der Waals surface area contributed by atoms with Gasteiger partial charge in [-0.3, -0.25) is 0 Å². The molecule has 0 aliphatic rings. The van der Waals surface area contributed by atoms with Crippen molar-refractivity contribution in [2.24, 2.45) is 0 Å². The number of aromatic nitrogens is 2. The molecule has 1 aromatic heterocycles. The Hall–Kier alpha value is -0.640. The highest BCUT2D eigenvalue weighted by molar-refractivity contribution is 7.09. The first-order valence-corrected chi connectivity index (χ1v) is 5.58. The maximum Gasteiger partial charge on any atom is 0.202 e. The molecule has 0 saturated carbocycles. The van der Waals surface area contributed by atoms with E-state index in [0.29, 0.717) is 5.92 Å². The molecule has 0 aliphatic heterocycles. The van der Waals surface area contributed by atoms with Crippen LogP contribution in [0.25, 0.3) is 0 Å². The summed E-state index contributed by atoms with van der Waals surface area (Å²) in [5.41, 5.74) is 0. The number of unbranched alkanes of at least 4 members (excludes halogenated alkanes) is 1. The monoisotopic (exact) mass is 199 g/mol. The Labute approximate surface area is 83.8 Å². The van der Waals surface area contributed by atoms with Gasteiger partial charge in [0.1, 0.15) is 5.82 Å². The first-order chi connectivity index (χ1) is 6.24. The highest BCUT2D eigenvalue weighted by atomic mass is 32.1. The van der Waals surface area contributed by atoms with E-state index in [1.807, 2.05) is 0 Å². The van der Waals surface area contributed by atoms with Crippen LogP contribution in [0, 0.1) is 0 Å². The topological polar surface area (TPSA) is 37.8 Å². The van der Waals surface area contributed by atoms with Gasteiger partial charge in [0.15, 0.2) is 0 Å². The molecule has 0 unspecified atom stereocenters. The van der Waals surface area contributed by atoms with Crippen LogP contribution in [0.4, 0.5) is 5.13 Å². The van der Waals surface area contributed by atoms with E-state index in [0.717, 1.165) is 17.5 Å². The van der Waals surface area contributed by atoms with Crippen molar-refractivity contribution < 1.29 is 0 Å². The van der Waals surface area contributed by atoms with Gasteiger partial charge in [-0.2, -0.15) is 4.37 Å². The van der Waals surface area contributed by atoms with Crippen LogP contribution in [0.15, 0.2) is 0 Å². The Morgan fingerprint density at radius 3 is 2.77 bits per heavy atom. The van der Waals surface area contributed by atoms with E-state index in [1.54, 1.807) is 0 Å². The number of nitrogens with one attached hydrogen (secondary N) is 1. The predicted molar refractivity (Wildman–Crippen MR) is 57.4 cm³/mol. The molecule has 1 heterocycles. The van der Waals surface area contributed by atoms with Crippen LogP contribution in [0.5, 0.6) is 0 Å². The Morgan fingerprint density at radius 2 is 2.23 bits per heavy atom. The Kier molecular flexibility index (Phi) is 4.15. The molecule has 0 spiro atoms. The molecule has 74 valence electrons. The summed E-state index contributed by atoms with van der Waals surface area (Å²) in [6.07, 6.45) is 2.40. The van der Waals surface area contributed by atoms with E-state index in [2.05, 4.69) is 35.4 Å². The van der Waals surface area contributed by atoms with Gasteiger partial charge in [-0.15, -0.1) is 0 Å². The molecule has 0 radical (unpaired) electrons. The molecular weight excluding hydrogens is 182 g/mol. The van der Waals surface area contributed by atoms with E-state index < -0.39 is 0 Å². The molecule has 0 saturated heterocycles. The fraction of sp³-hybridized carbons (Fsp3) is 0.778. The second kappa shape index (κ2) is 5.17. The molecule has 1 aromatic rings. The highest BCUT2D eigenvalue weighted by Crippen LogP contribution is 2.16. The van der Waals surface area contributed by atoms with Gasteiger partial charge in [0.25, 0.3) is 0 Å². The van der Waals surface area contributed by atoms with Gasteiger partial charge < -0.3 is 5.32 Å². The second-order valence-electron chi connectivity index (χ2n) is 3.39. The van der Waals surface area contributed by atoms with Crippen molar-refractivity contribution in [3.63, 3.8) is 0 Å². The highest BCUT2D eigenvalue weighted by Gasteiger charge is 2.06. The number of hydrogen-bond donors (Lipinski definition) is 1. The lowest BCUT2D eigenvalue weighted by atomic mass is 10.2. The maximum absolute atomic E-state index is 4.38. The van der Waals surface area contributed by atoms with Crippen molar-refractivity contribution in [2.75, 3.05) is 11.9 Å². The van der Waals surface area contributed by atoms with Crippen molar-refractivity contribution in [2.45, 2.75) is 39.5 Å². The van der Waals surface area contributed by atoms with Crippen LogP contribution in [-0.4, -0.2) is 15.9 Å². The van der Waals surface area contributed by atoms with Gasteiger partial charge in [0.2, 0.25) is 5.13 Å². The lowest BCUT2D eigenvalue weighted by molar-refractivity contribution is 0.795. The van der Waals surface area contributed by atoms with Crippen molar-refractivity contribution in [1.82, 2.24) is 9.36 Å². The average molecular weight is 199 g/mol. The molecule has 0 aliphatic carbocycles. The fourth-order valence-electron chi connectivity index (χ4n) is 0.913. The summed E-state index contributed by atoms with van der Waals surface area (Å²) in [7, 11) is 0. The van der Waals surface area contributed by atoms with Crippen LogP contribution < -0.4 is 5.32 Å². The average Bonchev–Trinajstić information content (AvgIpc) is 2.53. The summed E-state index contributed by atoms with van der Waals surface area (Å²) in [4.78, 5) is 4.38. The number of nitrogens with zero attached hydrogens (tertiary/aromatic N) is 2. The molecule has 0 fully saturated rings. The van der Waals surface area contributed by atoms with E-state index in [-0.39, 0.29) is 0 Å². The van der Waals surface area contributed by atoms with Crippen LogP contribution in [-0.2, 0) is 0 Å². The lowest BCUT2D eigenvalue weighted by Crippen LogP contribution is -2.00. The van der Waals surface area contributed by atoms with Gasteiger partial charge in [-0.1, -0.05) is 27.2 Å². The quantitative estimate of drug-likeness (QED) is 0.741. The van der Waals surface area contributed by atoms with Crippen LogP contribution >= 0.6 is 11.5 Å². The third kappa shape index (κ3) is 3.30. The zero-order chi connectivity index (χ0) is 9.68. The van der Waals surface area contributed by atoms with Gasteiger partial charge in [-0.05, 0) is 6.42 Å².